The van der Waals surface area contributed by atoms with Crippen LogP contribution in [0.25, 0.3) is 0 Å². The van der Waals surface area contributed by atoms with E-state index < -0.39 is 0 Å². The van der Waals surface area contributed by atoms with Gasteiger partial charge in [-0.3, -0.25) is 4.90 Å². The lowest BCUT2D eigenvalue weighted by Gasteiger charge is -2.29. The lowest BCUT2D eigenvalue weighted by molar-refractivity contribution is 0.189. The summed E-state index contributed by atoms with van der Waals surface area (Å²) in [6.45, 7) is 4.40. The topological polar surface area (TPSA) is 29.3 Å². The minimum Gasteiger partial charge on any atom is -0.323 e. The van der Waals surface area contributed by atoms with Gasteiger partial charge in [0, 0.05) is 12.1 Å². The zero-order valence-corrected chi connectivity index (χ0v) is 9.24. The highest BCUT2D eigenvalue weighted by atomic mass is 15.2. The smallest absolute Gasteiger partial charge is 0.0534 e. The molecule has 2 aliphatic rings. The molecule has 0 amide bonds. The average molecular weight is 202 g/mol. The second kappa shape index (κ2) is 3.06. The third-order valence-corrected chi connectivity index (χ3v) is 3.87. The van der Waals surface area contributed by atoms with Crippen LogP contribution in [0.3, 0.4) is 0 Å². The monoisotopic (exact) mass is 202 g/mol. The van der Waals surface area contributed by atoms with Crippen LogP contribution < -0.4 is 5.73 Å². The minimum atomic E-state index is 0.0720. The van der Waals surface area contributed by atoms with E-state index in [1.807, 2.05) is 0 Å². The Morgan fingerprint density at radius 3 is 2.80 bits per heavy atom. The number of fused-ring (bicyclic) bond motifs is 1. The molecular weight excluding hydrogens is 184 g/mol. The van der Waals surface area contributed by atoms with E-state index in [9.17, 15) is 0 Å². The molecule has 15 heavy (non-hydrogen) atoms. The summed E-state index contributed by atoms with van der Waals surface area (Å²) in [4.78, 5) is 2.51. The van der Waals surface area contributed by atoms with Crippen molar-refractivity contribution in [1.29, 1.82) is 0 Å². The highest BCUT2D eigenvalue weighted by Gasteiger charge is 2.51. The number of benzene rings is 1. The van der Waals surface area contributed by atoms with Crippen molar-refractivity contribution in [2.75, 3.05) is 6.54 Å². The summed E-state index contributed by atoms with van der Waals surface area (Å²) in [5.74, 6) is 0. The van der Waals surface area contributed by atoms with Crippen LogP contribution in [0.2, 0.25) is 0 Å². The molecule has 0 aromatic heterocycles. The van der Waals surface area contributed by atoms with Crippen molar-refractivity contribution >= 4 is 0 Å². The summed E-state index contributed by atoms with van der Waals surface area (Å²) in [7, 11) is 0. The first-order valence-electron chi connectivity index (χ1n) is 5.85. The third kappa shape index (κ3) is 1.32. The highest BCUT2D eigenvalue weighted by molar-refractivity contribution is 5.38. The Hall–Kier alpha value is -0.860. The summed E-state index contributed by atoms with van der Waals surface area (Å²) in [6, 6.07) is 9.23. The molecule has 0 saturated heterocycles. The van der Waals surface area contributed by atoms with E-state index in [0.717, 1.165) is 13.1 Å². The number of likely N-dealkylation sites (N-methyl/N-ethyl adjacent to an activating group) is 1. The van der Waals surface area contributed by atoms with Crippen LogP contribution in [0, 0.1) is 0 Å². The van der Waals surface area contributed by atoms with E-state index >= 15 is 0 Å². The fourth-order valence-electron chi connectivity index (χ4n) is 2.84. The van der Waals surface area contributed by atoms with Gasteiger partial charge in [-0.2, -0.15) is 0 Å². The van der Waals surface area contributed by atoms with Crippen molar-refractivity contribution in [2.24, 2.45) is 5.73 Å². The lowest BCUT2D eigenvalue weighted by atomic mass is 9.97. The average Bonchev–Trinajstić information content (AvgIpc) is 2.87. The van der Waals surface area contributed by atoms with Crippen molar-refractivity contribution in [2.45, 2.75) is 37.9 Å². The van der Waals surface area contributed by atoms with E-state index in [1.54, 1.807) is 0 Å². The van der Waals surface area contributed by atoms with Gasteiger partial charge in [-0.05, 0) is 30.5 Å². The molecule has 1 saturated carbocycles. The third-order valence-electron chi connectivity index (χ3n) is 3.87. The quantitative estimate of drug-likeness (QED) is 0.795. The van der Waals surface area contributed by atoms with Gasteiger partial charge in [0.2, 0.25) is 0 Å². The van der Waals surface area contributed by atoms with E-state index in [4.69, 9.17) is 5.73 Å². The molecule has 2 nitrogen and oxygen atoms in total. The fourth-order valence-corrected chi connectivity index (χ4v) is 2.84. The summed E-state index contributed by atoms with van der Waals surface area (Å²) in [6.07, 6.45) is 2.37. The molecule has 2 N–H and O–H groups in total. The SMILES string of the molecule is CCN1Cc2ccccc2C1C1(N)CC1. The number of nitrogens with zero attached hydrogens (tertiary/aromatic N) is 1. The Bertz CT molecular complexity index is 382. The van der Waals surface area contributed by atoms with Gasteiger partial charge in [-0.1, -0.05) is 31.2 Å². The maximum atomic E-state index is 6.39. The summed E-state index contributed by atoms with van der Waals surface area (Å²) in [5.41, 5.74) is 9.41. The van der Waals surface area contributed by atoms with Gasteiger partial charge in [-0.15, -0.1) is 0 Å². The van der Waals surface area contributed by atoms with Crippen LogP contribution in [0.4, 0.5) is 0 Å². The fraction of sp³-hybridized carbons (Fsp3) is 0.538. The number of hydrogen-bond acceptors (Lipinski definition) is 2. The van der Waals surface area contributed by atoms with Crippen molar-refractivity contribution < 1.29 is 0 Å². The molecule has 80 valence electrons. The van der Waals surface area contributed by atoms with E-state index in [0.29, 0.717) is 6.04 Å². The summed E-state index contributed by atoms with van der Waals surface area (Å²) >= 11 is 0. The minimum absolute atomic E-state index is 0.0720. The van der Waals surface area contributed by atoms with E-state index in [2.05, 4.69) is 36.1 Å². The molecule has 2 heteroatoms. The Morgan fingerprint density at radius 1 is 1.40 bits per heavy atom. The largest absolute Gasteiger partial charge is 0.323 e. The molecule has 0 spiro atoms. The van der Waals surface area contributed by atoms with Crippen LogP contribution in [-0.2, 0) is 6.54 Å². The number of nitrogens with two attached hydrogens (primary N) is 1. The van der Waals surface area contributed by atoms with Crippen molar-refractivity contribution in [3.8, 4) is 0 Å². The second-order valence-electron chi connectivity index (χ2n) is 4.90. The molecule has 1 aromatic carbocycles. The van der Waals surface area contributed by atoms with Crippen molar-refractivity contribution in [1.82, 2.24) is 4.90 Å². The van der Waals surface area contributed by atoms with E-state index in [1.165, 1.54) is 24.0 Å². The normalized spacial score (nSPS) is 27.7. The van der Waals surface area contributed by atoms with Crippen LogP contribution >= 0.6 is 0 Å². The molecule has 0 radical (unpaired) electrons. The highest BCUT2D eigenvalue weighted by Crippen LogP contribution is 2.50. The maximum Gasteiger partial charge on any atom is 0.0534 e. The Labute approximate surface area is 91.1 Å². The first kappa shape index (κ1) is 9.37. The molecule has 1 aliphatic carbocycles. The first-order chi connectivity index (χ1) is 7.24. The van der Waals surface area contributed by atoms with Gasteiger partial charge < -0.3 is 5.73 Å². The Kier molecular flexibility index (Phi) is 1.91. The molecule has 3 rings (SSSR count). The van der Waals surface area contributed by atoms with Crippen LogP contribution in [0.15, 0.2) is 24.3 Å². The zero-order valence-electron chi connectivity index (χ0n) is 9.24. The van der Waals surface area contributed by atoms with Crippen LogP contribution in [-0.4, -0.2) is 17.0 Å². The van der Waals surface area contributed by atoms with Crippen molar-refractivity contribution in [3.63, 3.8) is 0 Å². The maximum absolute atomic E-state index is 6.39. The molecule has 1 heterocycles. The van der Waals surface area contributed by atoms with Gasteiger partial charge in [0.1, 0.15) is 0 Å². The Morgan fingerprint density at radius 2 is 2.13 bits per heavy atom. The standard InChI is InChI=1S/C13H18N2/c1-2-15-9-10-5-3-4-6-11(10)12(15)13(14)7-8-13/h3-6,12H,2,7-9,14H2,1H3. The number of hydrogen-bond donors (Lipinski definition) is 1. The van der Waals surface area contributed by atoms with Gasteiger partial charge in [0.25, 0.3) is 0 Å². The predicted molar refractivity (Wildman–Crippen MR) is 61.4 cm³/mol. The predicted octanol–water partition coefficient (Wildman–Crippen LogP) is 2.05. The molecule has 1 fully saturated rings. The lowest BCUT2D eigenvalue weighted by Crippen LogP contribution is -2.39. The molecular formula is C13H18N2. The molecule has 1 atom stereocenters. The van der Waals surface area contributed by atoms with E-state index in [-0.39, 0.29) is 5.54 Å². The molecule has 1 aliphatic heterocycles. The zero-order chi connectivity index (χ0) is 10.5. The Balaban J connectivity index is 2.03. The molecule has 0 bridgehead atoms. The van der Waals surface area contributed by atoms with Gasteiger partial charge >= 0.3 is 0 Å². The molecule has 1 aromatic rings. The molecule has 1 unspecified atom stereocenters. The van der Waals surface area contributed by atoms with Crippen LogP contribution in [0.1, 0.15) is 36.9 Å². The summed E-state index contributed by atoms with van der Waals surface area (Å²) in [5, 5.41) is 0. The van der Waals surface area contributed by atoms with Crippen LogP contribution in [0.5, 0.6) is 0 Å². The number of rotatable bonds is 2. The second-order valence-corrected chi connectivity index (χ2v) is 4.90. The van der Waals surface area contributed by atoms with Gasteiger partial charge in [0.15, 0.2) is 0 Å². The van der Waals surface area contributed by atoms with Crippen molar-refractivity contribution in [3.05, 3.63) is 35.4 Å². The summed E-state index contributed by atoms with van der Waals surface area (Å²) < 4.78 is 0. The first-order valence-corrected chi connectivity index (χ1v) is 5.85. The van der Waals surface area contributed by atoms with Gasteiger partial charge in [-0.25, -0.2) is 0 Å². The van der Waals surface area contributed by atoms with Gasteiger partial charge in [0.05, 0.1) is 6.04 Å².